The zero-order valence-electron chi connectivity index (χ0n) is 15.0. The molecule has 25 heavy (non-hydrogen) atoms. The number of likely N-dealkylation sites (tertiary alicyclic amines) is 1. The van der Waals surface area contributed by atoms with Gasteiger partial charge in [-0.25, -0.2) is 4.79 Å². The highest BCUT2D eigenvalue weighted by Crippen LogP contribution is 2.17. The van der Waals surface area contributed by atoms with E-state index in [2.05, 4.69) is 22.9 Å². The zero-order valence-corrected chi connectivity index (χ0v) is 15.8. The van der Waals surface area contributed by atoms with E-state index in [-0.39, 0.29) is 24.3 Å². The Hall–Kier alpha value is -1.79. The van der Waals surface area contributed by atoms with Crippen LogP contribution in [0.3, 0.4) is 0 Å². The Morgan fingerprint density at radius 1 is 1.20 bits per heavy atom. The van der Waals surface area contributed by atoms with Crippen molar-refractivity contribution in [3.63, 3.8) is 0 Å². The Bertz CT molecular complexity index is 533. The third-order valence-electron chi connectivity index (χ3n) is 4.36. The van der Waals surface area contributed by atoms with Crippen LogP contribution in [0, 0.1) is 5.92 Å². The van der Waals surface area contributed by atoms with Gasteiger partial charge in [0, 0.05) is 18.8 Å². The molecule has 1 aliphatic heterocycles. The first-order valence-corrected chi connectivity index (χ1v) is 8.72. The Kier molecular flexibility index (Phi) is 9.31. The summed E-state index contributed by atoms with van der Waals surface area (Å²) in [6.07, 6.45) is 2.03. The van der Waals surface area contributed by atoms with Gasteiger partial charge in [-0.05, 0) is 50.9 Å². The summed E-state index contributed by atoms with van der Waals surface area (Å²) in [6, 6.07) is 8.31. The monoisotopic (exact) mass is 368 g/mol. The second kappa shape index (κ2) is 10.9. The molecule has 1 saturated heterocycles. The van der Waals surface area contributed by atoms with Gasteiger partial charge in [0.2, 0.25) is 5.91 Å². The summed E-state index contributed by atoms with van der Waals surface area (Å²) in [6.45, 7) is 7.37. The zero-order chi connectivity index (χ0) is 17.4. The summed E-state index contributed by atoms with van der Waals surface area (Å²) < 4.78 is 0. The van der Waals surface area contributed by atoms with Crippen molar-refractivity contribution in [1.82, 2.24) is 15.5 Å². The fraction of sp³-hybridized carbons (Fsp3) is 0.556. The molecule has 1 atom stereocenters. The summed E-state index contributed by atoms with van der Waals surface area (Å²) in [5.41, 5.74) is 0.707. The Morgan fingerprint density at radius 3 is 2.44 bits per heavy atom. The minimum Gasteiger partial charge on any atom is -0.341 e. The molecule has 0 bridgehead atoms. The molecule has 1 aromatic rings. The highest BCUT2D eigenvalue weighted by atomic mass is 35.5. The third kappa shape index (κ3) is 6.92. The number of hydrogen-bond donors (Lipinski definition) is 3. The van der Waals surface area contributed by atoms with Crippen molar-refractivity contribution in [1.29, 1.82) is 0 Å². The number of halogens is 1. The van der Waals surface area contributed by atoms with E-state index < -0.39 is 6.04 Å². The van der Waals surface area contributed by atoms with Crippen LogP contribution in [0.2, 0.25) is 0 Å². The fourth-order valence-electron chi connectivity index (χ4n) is 2.93. The van der Waals surface area contributed by atoms with E-state index in [1.54, 1.807) is 19.1 Å². The predicted octanol–water partition coefficient (Wildman–Crippen LogP) is 2.47. The largest absolute Gasteiger partial charge is 0.341 e. The number of para-hydroxylation sites is 1. The number of nitrogens with zero attached hydrogens (tertiary/aromatic N) is 1. The Labute approximate surface area is 156 Å². The molecule has 6 nitrogen and oxygen atoms in total. The van der Waals surface area contributed by atoms with Crippen molar-refractivity contribution in [2.75, 3.05) is 31.5 Å². The Morgan fingerprint density at radius 2 is 1.84 bits per heavy atom. The molecule has 1 fully saturated rings. The summed E-state index contributed by atoms with van der Waals surface area (Å²) in [5, 5.41) is 8.81. The van der Waals surface area contributed by atoms with E-state index in [1.807, 2.05) is 23.1 Å². The van der Waals surface area contributed by atoms with Crippen LogP contribution in [0.15, 0.2) is 30.3 Å². The van der Waals surface area contributed by atoms with E-state index in [0.717, 1.165) is 39.0 Å². The van der Waals surface area contributed by atoms with Gasteiger partial charge in [0.15, 0.2) is 0 Å². The van der Waals surface area contributed by atoms with Crippen LogP contribution >= 0.6 is 12.4 Å². The number of benzene rings is 1. The normalized spacial score (nSPS) is 15.8. The summed E-state index contributed by atoms with van der Waals surface area (Å²) in [7, 11) is 0. The molecule has 2 rings (SSSR count). The van der Waals surface area contributed by atoms with Crippen LogP contribution in [0.1, 0.15) is 26.7 Å². The van der Waals surface area contributed by atoms with Gasteiger partial charge in [0.25, 0.3) is 0 Å². The van der Waals surface area contributed by atoms with Crippen molar-refractivity contribution in [3.05, 3.63) is 30.3 Å². The molecule has 3 amide bonds. The maximum Gasteiger partial charge on any atom is 0.319 e. The molecule has 0 radical (unpaired) electrons. The maximum atomic E-state index is 12.5. The van der Waals surface area contributed by atoms with Gasteiger partial charge >= 0.3 is 6.03 Å². The summed E-state index contributed by atoms with van der Waals surface area (Å²) >= 11 is 0. The van der Waals surface area contributed by atoms with E-state index in [9.17, 15) is 9.59 Å². The highest BCUT2D eigenvalue weighted by Gasteiger charge is 2.26. The molecule has 0 aromatic heterocycles. The standard InChI is InChI=1S/C18H28N4O2.ClH/c1-3-19-13-15-9-11-22(12-10-15)17(23)14(2)20-18(24)21-16-7-5-4-6-8-16;/h4-8,14-15,19H,3,9-13H2,1-2H3,(H2,20,21,24);1H. The number of nitrogens with one attached hydrogen (secondary N) is 3. The molecule has 1 aliphatic rings. The second-order valence-corrected chi connectivity index (χ2v) is 6.26. The molecular weight excluding hydrogens is 340 g/mol. The number of carbonyl (C=O) groups is 2. The molecule has 0 saturated carbocycles. The lowest BCUT2D eigenvalue weighted by atomic mass is 9.96. The minimum absolute atomic E-state index is 0. The quantitative estimate of drug-likeness (QED) is 0.722. The highest BCUT2D eigenvalue weighted by molar-refractivity contribution is 5.93. The van der Waals surface area contributed by atoms with Gasteiger partial charge in [-0.3, -0.25) is 4.79 Å². The molecule has 1 unspecified atom stereocenters. The fourth-order valence-corrected chi connectivity index (χ4v) is 2.93. The molecule has 0 spiro atoms. The van der Waals surface area contributed by atoms with Crippen LogP contribution in [0.4, 0.5) is 10.5 Å². The molecule has 1 aromatic carbocycles. The first kappa shape index (κ1) is 21.3. The lowest BCUT2D eigenvalue weighted by Gasteiger charge is -2.33. The number of amides is 3. The number of rotatable bonds is 6. The summed E-state index contributed by atoms with van der Waals surface area (Å²) in [5.74, 6) is 0.624. The van der Waals surface area contributed by atoms with Crippen molar-refractivity contribution in [2.24, 2.45) is 5.92 Å². The first-order chi connectivity index (χ1) is 11.6. The van der Waals surface area contributed by atoms with E-state index >= 15 is 0 Å². The number of carbonyl (C=O) groups excluding carboxylic acids is 2. The lowest BCUT2D eigenvalue weighted by Crippen LogP contribution is -2.50. The average molecular weight is 369 g/mol. The van der Waals surface area contributed by atoms with Gasteiger partial charge in [-0.1, -0.05) is 25.1 Å². The first-order valence-electron chi connectivity index (χ1n) is 8.72. The number of anilines is 1. The number of hydrogen-bond acceptors (Lipinski definition) is 3. The minimum atomic E-state index is -0.529. The SMILES string of the molecule is CCNCC1CCN(C(=O)C(C)NC(=O)Nc2ccccc2)CC1.Cl. The van der Waals surface area contributed by atoms with Gasteiger partial charge in [-0.15, -0.1) is 12.4 Å². The summed E-state index contributed by atoms with van der Waals surface area (Å²) in [4.78, 5) is 26.3. The third-order valence-corrected chi connectivity index (χ3v) is 4.36. The van der Waals surface area contributed by atoms with E-state index in [1.165, 1.54) is 0 Å². The number of piperidine rings is 1. The van der Waals surface area contributed by atoms with Crippen LogP contribution in [-0.4, -0.2) is 49.1 Å². The van der Waals surface area contributed by atoms with Gasteiger partial charge in [0.05, 0.1) is 0 Å². The van der Waals surface area contributed by atoms with Gasteiger partial charge in [-0.2, -0.15) is 0 Å². The van der Waals surface area contributed by atoms with E-state index in [0.29, 0.717) is 11.6 Å². The second-order valence-electron chi connectivity index (χ2n) is 6.26. The predicted molar refractivity (Wildman–Crippen MR) is 103 cm³/mol. The van der Waals surface area contributed by atoms with Gasteiger partial charge < -0.3 is 20.9 Å². The molecule has 0 aliphatic carbocycles. The smallest absolute Gasteiger partial charge is 0.319 e. The molecular formula is C18H29ClN4O2. The maximum absolute atomic E-state index is 12.5. The van der Waals surface area contributed by atoms with Crippen molar-refractivity contribution < 1.29 is 9.59 Å². The molecule has 3 N–H and O–H groups in total. The van der Waals surface area contributed by atoms with Crippen LogP contribution in [0.25, 0.3) is 0 Å². The van der Waals surface area contributed by atoms with Crippen LogP contribution < -0.4 is 16.0 Å². The van der Waals surface area contributed by atoms with Crippen LogP contribution in [0.5, 0.6) is 0 Å². The topological polar surface area (TPSA) is 73.5 Å². The Balaban J connectivity index is 0.00000312. The average Bonchev–Trinajstić information content (AvgIpc) is 2.60. The molecule has 140 valence electrons. The van der Waals surface area contributed by atoms with Gasteiger partial charge in [0.1, 0.15) is 6.04 Å². The molecule has 7 heteroatoms. The van der Waals surface area contributed by atoms with Crippen molar-refractivity contribution in [2.45, 2.75) is 32.7 Å². The number of urea groups is 1. The lowest BCUT2D eigenvalue weighted by molar-refractivity contribution is -0.134. The molecule has 1 heterocycles. The van der Waals surface area contributed by atoms with Crippen LogP contribution in [-0.2, 0) is 4.79 Å². The van der Waals surface area contributed by atoms with Crippen molar-refractivity contribution >= 4 is 30.0 Å². The van der Waals surface area contributed by atoms with E-state index in [4.69, 9.17) is 0 Å². The van der Waals surface area contributed by atoms with Crippen molar-refractivity contribution in [3.8, 4) is 0 Å².